The molecule has 1 fully saturated rings. The lowest BCUT2D eigenvalue weighted by atomic mass is 9.75. The van der Waals surface area contributed by atoms with E-state index in [0.717, 1.165) is 0 Å². The quantitative estimate of drug-likeness (QED) is 0.785. The van der Waals surface area contributed by atoms with Gasteiger partial charge in [-0.05, 0) is 52.0 Å². The number of hydrogen-bond acceptors (Lipinski definition) is 3. The summed E-state index contributed by atoms with van der Waals surface area (Å²) in [5, 5.41) is 2.96. The number of amides is 1. The first kappa shape index (κ1) is 17.4. The van der Waals surface area contributed by atoms with Crippen molar-refractivity contribution in [2.45, 2.75) is 77.9 Å². The van der Waals surface area contributed by atoms with Crippen molar-refractivity contribution in [2.75, 3.05) is 13.6 Å². The second-order valence-electron chi connectivity index (χ2n) is 7.38. The van der Waals surface area contributed by atoms with Crippen molar-refractivity contribution in [3.05, 3.63) is 0 Å². The highest BCUT2D eigenvalue weighted by atomic mass is 16.1. The van der Waals surface area contributed by atoms with Gasteiger partial charge >= 0.3 is 0 Å². The number of carbonyl (C=O) groups is 1. The molecule has 0 spiro atoms. The first-order valence-electron chi connectivity index (χ1n) is 7.96. The van der Waals surface area contributed by atoms with Gasteiger partial charge in [0.25, 0.3) is 0 Å². The van der Waals surface area contributed by atoms with Crippen molar-refractivity contribution < 1.29 is 4.79 Å². The van der Waals surface area contributed by atoms with E-state index in [9.17, 15) is 4.79 Å². The number of carbonyl (C=O) groups excluding carboxylic acids is 1. The molecule has 0 radical (unpaired) electrons. The van der Waals surface area contributed by atoms with Crippen LogP contribution in [0.4, 0.5) is 0 Å². The Balaban J connectivity index is 2.50. The highest BCUT2D eigenvalue weighted by Gasteiger charge is 2.31. The Labute approximate surface area is 124 Å². The Kier molecular flexibility index (Phi) is 6.46. The van der Waals surface area contributed by atoms with Gasteiger partial charge in [-0.25, -0.2) is 0 Å². The second-order valence-corrected chi connectivity index (χ2v) is 7.38. The summed E-state index contributed by atoms with van der Waals surface area (Å²) in [5.74, 6) is 0.110. The van der Waals surface area contributed by atoms with Crippen LogP contribution in [0.3, 0.4) is 0 Å². The molecule has 4 nitrogen and oxygen atoms in total. The third kappa shape index (κ3) is 5.41. The summed E-state index contributed by atoms with van der Waals surface area (Å²) in [6, 6.07) is 0.921. The Morgan fingerprint density at radius 2 is 1.90 bits per heavy atom. The van der Waals surface area contributed by atoms with Crippen molar-refractivity contribution in [3.63, 3.8) is 0 Å². The van der Waals surface area contributed by atoms with Crippen LogP contribution in [-0.4, -0.2) is 42.5 Å². The monoisotopic (exact) mass is 283 g/mol. The molecule has 1 aliphatic rings. The number of hydrogen-bond donors (Lipinski definition) is 2. The molecule has 1 aliphatic carbocycles. The molecule has 118 valence electrons. The van der Waals surface area contributed by atoms with Gasteiger partial charge in [0.15, 0.2) is 0 Å². The Bertz CT molecular complexity index is 305. The maximum atomic E-state index is 11.9. The minimum Gasteiger partial charge on any atom is -0.354 e. The van der Waals surface area contributed by atoms with E-state index in [-0.39, 0.29) is 18.0 Å². The first-order valence-corrected chi connectivity index (χ1v) is 7.96. The maximum Gasteiger partial charge on any atom is 0.221 e. The zero-order valence-electron chi connectivity index (χ0n) is 13.9. The van der Waals surface area contributed by atoms with Gasteiger partial charge in [0, 0.05) is 31.1 Å². The molecule has 0 aromatic carbocycles. The Hall–Kier alpha value is -0.610. The minimum absolute atomic E-state index is 0.110. The Morgan fingerprint density at radius 1 is 1.35 bits per heavy atom. The lowest BCUT2D eigenvalue weighted by Gasteiger charge is -2.41. The lowest BCUT2D eigenvalue weighted by Crippen LogP contribution is -2.48. The number of likely N-dealkylation sites (N-methyl/N-ethyl adjacent to an activating group) is 1. The number of rotatable bonds is 6. The molecule has 0 saturated heterocycles. The average Bonchev–Trinajstić information content (AvgIpc) is 2.34. The first-order chi connectivity index (χ1) is 9.25. The van der Waals surface area contributed by atoms with E-state index in [4.69, 9.17) is 5.73 Å². The van der Waals surface area contributed by atoms with E-state index in [1.54, 1.807) is 0 Å². The number of nitrogens with two attached hydrogens (primary N) is 1. The molecule has 1 saturated carbocycles. The van der Waals surface area contributed by atoms with Crippen LogP contribution >= 0.6 is 0 Å². The molecule has 1 unspecified atom stereocenters. The standard InChI is InChI=1S/C16H33N3O/c1-12(2)18-15(20)10-14(11-17)19(5)13-6-8-16(3,4)9-7-13/h12-14H,6-11,17H2,1-5H3,(H,18,20). The smallest absolute Gasteiger partial charge is 0.221 e. The number of nitrogens with zero attached hydrogens (tertiary/aromatic N) is 1. The van der Waals surface area contributed by atoms with Crippen LogP contribution in [0.2, 0.25) is 0 Å². The van der Waals surface area contributed by atoms with Crippen molar-refractivity contribution in [1.29, 1.82) is 0 Å². The molecule has 3 N–H and O–H groups in total. The molecular weight excluding hydrogens is 250 g/mol. The van der Waals surface area contributed by atoms with Gasteiger partial charge in [-0.1, -0.05) is 13.8 Å². The van der Waals surface area contributed by atoms with Crippen molar-refractivity contribution in [2.24, 2.45) is 11.1 Å². The normalized spacial score (nSPS) is 21.2. The molecule has 20 heavy (non-hydrogen) atoms. The molecule has 0 aliphatic heterocycles. The van der Waals surface area contributed by atoms with Crippen LogP contribution in [0.1, 0.15) is 59.8 Å². The summed E-state index contributed by atoms with van der Waals surface area (Å²) >= 11 is 0. The molecule has 0 heterocycles. The van der Waals surface area contributed by atoms with E-state index in [0.29, 0.717) is 24.4 Å². The molecule has 0 aromatic heterocycles. The van der Waals surface area contributed by atoms with Crippen molar-refractivity contribution in [3.8, 4) is 0 Å². The maximum absolute atomic E-state index is 11.9. The zero-order valence-corrected chi connectivity index (χ0v) is 13.9. The summed E-state index contributed by atoms with van der Waals surface area (Å²) in [4.78, 5) is 14.3. The minimum atomic E-state index is 0.110. The third-order valence-corrected chi connectivity index (χ3v) is 4.60. The lowest BCUT2D eigenvalue weighted by molar-refractivity contribution is -0.123. The molecular formula is C16H33N3O. The molecule has 1 rings (SSSR count). The summed E-state index contributed by atoms with van der Waals surface area (Å²) in [5.41, 5.74) is 6.37. The number of nitrogens with one attached hydrogen (secondary N) is 1. The third-order valence-electron chi connectivity index (χ3n) is 4.60. The predicted octanol–water partition coefficient (Wildman–Crippen LogP) is 2.13. The molecule has 1 amide bonds. The van der Waals surface area contributed by atoms with Crippen LogP contribution in [0.25, 0.3) is 0 Å². The van der Waals surface area contributed by atoms with Crippen molar-refractivity contribution in [1.82, 2.24) is 10.2 Å². The highest BCUT2D eigenvalue weighted by Crippen LogP contribution is 2.37. The summed E-state index contributed by atoms with van der Waals surface area (Å²) in [7, 11) is 2.13. The van der Waals surface area contributed by atoms with E-state index < -0.39 is 0 Å². The van der Waals surface area contributed by atoms with Crippen LogP contribution in [0.5, 0.6) is 0 Å². The van der Waals surface area contributed by atoms with E-state index in [1.807, 2.05) is 13.8 Å². The van der Waals surface area contributed by atoms with Gasteiger partial charge in [-0.15, -0.1) is 0 Å². The fraction of sp³-hybridized carbons (Fsp3) is 0.938. The van der Waals surface area contributed by atoms with Crippen molar-refractivity contribution >= 4 is 5.91 Å². The molecule has 4 heteroatoms. The van der Waals surface area contributed by atoms with Crippen LogP contribution in [-0.2, 0) is 4.79 Å². The summed E-state index contributed by atoms with van der Waals surface area (Å²) in [6.45, 7) is 9.21. The SMILES string of the molecule is CC(C)NC(=O)CC(CN)N(C)C1CCC(C)(C)CC1. The van der Waals surface area contributed by atoms with E-state index in [1.165, 1.54) is 25.7 Å². The Morgan fingerprint density at radius 3 is 2.35 bits per heavy atom. The molecule has 0 bridgehead atoms. The van der Waals surface area contributed by atoms with Gasteiger partial charge in [0.05, 0.1) is 0 Å². The second kappa shape index (κ2) is 7.41. The molecule has 0 aromatic rings. The predicted molar refractivity (Wildman–Crippen MR) is 84.5 cm³/mol. The van der Waals surface area contributed by atoms with Gasteiger partial charge < -0.3 is 11.1 Å². The fourth-order valence-electron chi connectivity index (χ4n) is 3.08. The van der Waals surface area contributed by atoms with Gasteiger partial charge in [-0.2, -0.15) is 0 Å². The fourth-order valence-corrected chi connectivity index (χ4v) is 3.08. The van der Waals surface area contributed by atoms with Crippen LogP contribution in [0.15, 0.2) is 0 Å². The van der Waals surface area contributed by atoms with Crippen LogP contribution < -0.4 is 11.1 Å². The topological polar surface area (TPSA) is 58.4 Å². The van der Waals surface area contributed by atoms with Crippen LogP contribution in [0, 0.1) is 5.41 Å². The van der Waals surface area contributed by atoms with Gasteiger partial charge in [-0.3, -0.25) is 9.69 Å². The summed E-state index contributed by atoms with van der Waals surface area (Å²) in [6.07, 6.45) is 5.46. The average molecular weight is 283 g/mol. The van der Waals surface area contributed by atoms with E-state index in [2.05, 4.69) is 31.1 Å². The van der Waals surface area contributed by atoms with Gasteiger partial charge in [0.1, 0.15) is 0 Å². The summed E-state index contributed by atoms with van der Waals surface area (Å²) < 4.78 is 0. The zero-order chi connectivity index (χ0) is 15.3. The largest absolute Gasteiger partial charge is 0.354 e. The van der Waals surface area contributed by atoms with Gasteiger partial charge in [0.2, 0.25) is 5.91 Å². The van der Waals surface area contributed by atoms with E-state index >= 15 is 0 Å². The highest BCUT2D eigenvalue weighted by molar-refractivity contribution is 5.76. The molecule has 1 atom stereocenters.